The molecular weight excluding hydrogens is 236 g/mol. The van der Waals surface area contributed by atoms with Gasteiger partial charge in [0.15, 0.2) is 0 Å². The van der Waals surface area contributed by atoms with E-state index in [2.05, 4.69) is 58.4 Å². The van der Waals surface area contributed by atoms with Crippen molar-refractivity contribution in [2.24, 2.45) is 0 Å². The van der Waals surface area contributed by atoms with E-state index in [-0.39, 0.29) is 0 Å². The molecule has 0 saturated heterocycles. The van der Waals surface area contributed by atoms with Gasteiger partial charge in [-0.1, -0.05) is 52.3 Å². The SMILES string of the molecule is Brc1ccc2c3c(cccc13)C=CC2. The van der Waals surface area contributed by atoms with Crippen LogP contribution in [-0.4, -0.2) is 0 Å². The maximum Gasteiger partial charge on any atom is 0.0254 e. The second kappa shape index (κ2) is 2.96. The van der Waals surface area contributed by atoms with Crippen molar-refractivity contribution in [3.8, 4) is 0 Å². The zero-order valence-electron chi connectivity index (χ0n) is 7.63. The molecule has 1 aliphatic carbocycles. The molecule has 0 fully saturated rings. The van der Waals surface area contributed by atoms with Crippen LogP contribution in [0.25, 0.3) is 16.8 Å². The molecule has 2 aromatic rings. The largest absolute Gasteiger partial charge is 0.0795 e. The lowest BCUT2D eigenvalue weighted by Gasteiger charge is -2.13. The Bertz CT molecular complexity index is 538. The summed E-state index contributed by atoms with van der Waals surface area (Å²) in [6.07, 6.45) is 5.49. The van der Waals surface area contributed by atoms with E-state index >= 15 is 0 Å². The molecular formula is C13H9Br. The molecule has 1 aliphatic rings. The van der Waals surface area contributed by atoms with Crippen LogP contribution in [0, 0.1) is 0 Å². The van der Waals surface area contributed by atoms with Crippen molar-refractivity contribution in [1.82, 2.24) is 0 Å². The number of allylic oxidation sites excluding steroid dienone is 1. The Labute approximate surface area is 91.4 Å². The lowest BCUT2D eigenvalue weighted by molar-refractivity contribution is 1.29. The third-order valence-corrected chi connectivity index (χ3v) is 3.43. The zero-order chi connectivity index (χ0) is 9.54. The molecule has 0 N–H and O–H groups in total. The van der Waals surface area contributed by atoms with Crippen molar-refractivity contribution in [1.29, 1.82) is 0 Å². The molecule has 0 saturated carbocycles. The van der Waals surface area contributed by atoms with E-state index in [9.17, 15) is 0 Å². The second-order valence-corrected chi connectivity index (χ2v) is 4.44. The van der Waals surface area contributed by atoms with Gasteiger partial charge in [0.05, 0.1) is 0 Å². The molecule has 3 rings (SSSR count). The smallest absolute Gasteiger partial charge is 0.0254 e. The van der Waals surface area contributed by atoms with Crippen molar-refractivity contribution in [2.45, 2.75) is 6.42 Å². The van der Waals surface area contributed by atoms with Crippen LogP contribution in [0.1, 0.15) is 11.1 Å². The fraction of sp³-hybridized carbons (Fsp3) is 0.0769. The summed E-state index contributed by atoms with van der Waals surface area (Å²) < 4.78 is 1.19. The first-order chi connectivity index (χ1) is 6.86. The quantitative estimate of drug-likeness (QED) is 0.653. The number of hydrogen-bond donors (Lipinski definition) is 0. The minimum Gasteiger partial charge on any atom is -0.0795 e. The van der Waals surface area contributed by atoms with Crippen LogP contribution in [0.2, 0.25) is 0 Å². The van der Waals surface area contributed by atoms with Gasteiger partial charge in [0.2, 0.25) is 0 Å². The summed E-state index contributed by atoms with van der Waals surface area (Å²) in [5, 5.41) is 2.73. The monoisotopic (exact) mass is 244 g/mol. The topological polar surface area (TPSA) is 0 Å². The summed E-state index contributed by atoms with van der Waals surface area (Å²) in [5.41, 5.74) is 2.77. The van der Waals surface area contributed by atoms with Crippen molar-refractivity contribution < 1.29 is 0 Å². The Kier molecular flexibility index (Phi) is 1.74. The molecule has 0 amide bonds. The standard InChI is InChI=1S/C13H9Br/c14-12-8-7-10-4-1-3-9-5-2-6-11(12)13(9)10/h1-3,5-8H,4H2. The first-order valence-electron chi connectivity index (χ1n) is 4.73. The molecule has 68 valence electrons. The predicted octanol–water partition coefficient (Wildman–Crippen LogP) is 4.17. The van der Waals surface area contributed by atoms with Gasteiger partial charge >= 0.3 is 0 Å². The summed E-state index contributed by atoms with van der Waals surface area (Å²) in [4.78, 5) is 0. The molecule has 0 unspecified atom stereocenters. The van der Waals surface area contributed by atoms with Gasteiger partial charge in [-0.05, 0) is 34.4 Å². The minimum atomic E-state index is 1.06. The number of benzene rings is 2. The fourth-order valence-corrected chi connectivity index (χ4v) is 2.56. The summed E-state index contributed by atoms with van der Waals surface area (Å²) in [6.45, 7) is 0. The highest BCUT2D eigenvalue weighted by Crippen LogP contribution is 2.32. The molecule has 0 radical (unpaired) electrons. The van der Waals surface area contributed by atoms with Crippen LogP contribution in [0.5, 0.6) is 0 Å². The van der Waals surface area contributed by atoms with Gasteiger partial charge in [0, 0.05) is 4.47 Å². The van der Waals surface area contributed by atoms with E-state index in [1.54, 1.807) is 0 Å². The highest BCUT2D eigenvalue weighted by Gasteiger charge is 2.09. The van der Waals surface area contributed by atoms with Crippen molar-refractivity contribution in [3.05, 3.63) is 52.0 Å². The Hall–Kier alpha value is -1.08. The first-order valence-corrected chi connectivity index (χ1v) is 5.52. The van der Waals surface area contributed by atoms with Crippen LogP contribution in [0.15, 0.2) is 40.9 Å². The average Bonchev–Trinajstić information content (AvgIpc) is 2.24. The van der Waals surface area contributed by atoms with E-state index in [0.29, 0.717) is 0 Å². The minimum absolute atomic E-state index is 1.06. The summed E-state index contributed by atoms with van der Waals surface area (Å²) in [5.74, 6) is 0. The molecule has 0 aliphatic heterocycles. The van der Waals surface area contributed by atoms with E-state index in [1.807, 2.05) is 0 Å². The number of rotatable bonds is 0. The van der Waals surface area contributed by atoms with Gasteiger partial charge in [0.25, 0.3) is 0 Å². The summed E-state index contributed by atoms with van der Waals surface area (Å²) >= 11 is 3.59. The van der Waals surface area contributed by atoms with E-state index in [0.717, 1.165) is 6.42 Å². The Morgan fingerprint density at radius 1 is 1.07 bits per heavy atom. The second-order valence-electron chi connectivity index (χ2n) is 3.58. The van der Waals surface area contributed by atoms with Gasteiger partial charge in [-0.2, -0.15) is 0 Å². The Morgan fingerprint density at radius 3 is 2.93 bits per heavy atom. The Morgan fingerprint density at radius 2 is 2.00 bits per heavy atom. The molecule has 0 heterocycles. The lowest BCUT2D eigenvalue weighted by atomic mass is 9.93. The molecule has 0 nitrogen and oxygen atoms in total. The molecule has 0 atom stereocenters. The van der Waals surface area contributed by atoms with Gasteiger partial charge < -0.3 is 0 Å². The Balaban J connectivity index is 2.56. The van der Waals surface area contributed by atoms with E-state index in [4.69, 9.17) is 0 Å². The maximum absolute atomic E-state index is 3.59. The average molecular weight is 245 g/mol. The zero-order valence-corrected chi connectivity index (χ0v) is 9.21. The highest BCUT2D eigenvalue weighted by atomic mass is 79.9. The van der Waals surface area contributed by atoms with E-state index in [1.165, 1.54) is 26.4 Å². The molecule has 14 heavy (non-hydrogen) atoms. The normalized spacial score (nSPS) is 13.5. The van der Waals surface area contributed by atoms with Crippen molar-refractivity contribution in [2.75, 3.05) is 0 Å². The molecule has 0 bridgehead atoms. The lowest BCUT2D eigenvalue weighted by Crippen LogP contribution is -1.92. The third-order valence-electron chi connectivity index (χ3n) is 2.74. The van der Waals surface area contributed by atoms with Crippen LogP contribution in [0.3, 0.4) is 0 Å². The van der Waals surface area contributed by atoms with Crippen LogP contribution < -0.4 is 0 Å². The molecule has 2 aromatic carbocycles. The highest BCUT2D eigenvalue weighted by molar-refractivity contribution is 9.10. The van der Waals surface area contributed by atoms with Gasteiger partial charge in [0.1, 0.15) is 0 Å². The van der Waals surface area contributed by atoms with Crippen molar-refractivity contribution >= 4 is 32.8 Å². The predicted molar refractivity (Wildman–Crippen MR) is 64.4 cm³/mol. The molecule has 0 aromatic heterocycles. The molecule has 0 spiro atoms. The van der Waals surface area contributed by atoms with Crippen molar-refractivity contribution in [3.63, 3.8) is 0 Å². The first kappa shape index (κ1) is 8.25. The maximum atomic E-state index is 3.59. The fourth-order valence-electron chi connectivity index (χ4n) is 2.10. The number of halogens is 1. The van der Waals surface area contributed by atoms with Crippen LogP contribution in [0.4, 0.5) is 0 Å². The molecule has 1 heteroatoms. The van der Waals surface area contributed by atoms with E-state index < -0.39 is 0 Å². The van der Waals surface area contributed by atoms with Crippen LogP contribution >= 0.6 is 15.9 Å². The summed E-state index contributed by atoms with van der Waals surface area (Å²) in [7, 11) is 0. The van der Waals surface area contributed by atoms with Gasteiger partial charge in [-0.25, -0.2) is 0 Å². The van der Waals surface area contributed by atoms with Gasteiger partial charge in [-0.3, -0.25) is 0 Å². The van der Waals surface area contributed by atoms with Crippen LogP contribution in [-0.2, 0) is 6.42 Å². The van der Waals surface area contributed by atoms with Gasteiger partial charge in [-0.15, -0.1) is 0 Å². The number of hydrogen-bond acceptors (Lipinski definition) is 0. The summed E-state index contributed by atoms with van der Waals surface area (Å²) in [6, 6.07) is 10.8. The third kappa shape index (κ3) is 1.05.